The van der Waals surface area contributed by atoms with Gasteiger partial charge in [-0.2, -0.15) is 23.6 Å². The molecule has 3 aliphatic carbocycles. The summed E-state index contributed by atoms with van der Waals surface area (Å²) in [6.07, 6.45) is 5.87. The summed E-state index contributed by atoms with van der Waals surface area (Å²) in [5.41, 5.74) is 1.68. The highest BCUT2D eigenvalue weighted by Gasteiger charge is 2.69. The molecule has 0 spiro atoms. The van der Waals surface area contributed by atoms with Crippen molar-refractivity contribution in [2.24, 2.45) is 11.3 Å². The minimum atomic E-state index is -0.875. The van der Waals surface area contributed by atoms with Crippen LogP contribution in [0.2, 0.25) is 0 Å². The molecule has 2 aromatic heterocycles. The van der Waals surface area contributed by atoms with E-state index < -0.39 is 5.67 Å². The lowest BCUT2D eigenvalue weighted by atomic mass is 9.42. The van der Waals surface area contributed by atoms with Gasteiger partial charge in [0.1, 0.15) is 17.4 Å². The first-order chi connectivity index (χ1) is 14.2. The maximum atomic E-state index is 13.7. The van der Waals surface area contributed by atoms with Gasteiger partial charge in [0.05, 0.1) is 11.9 Å². The van der Waals surface area contributed by atoms with Crippen molar-refractivity contribution < 1.29 is 9.18 Å². The summed E-state index contributed by atoms with van der Waals surface area (Å²) in [5, 5.41) is 10.7. The predicted octanol–water partition coefficient (Wildman–Crippen LogP) is 3.01. The van der Waals surface area contributed by atoms with E-state index in [4.69, 9.17) is 0 Å². The van der Waals surface area contributed by atoms with Crippen LogP contribution in [0.1, 0.15) is 44.4 Å². The van der Waals surface area contributed by atoms with E-state index in [-0.39, 0.29) is 36.8 Å². The van der Waals surface area contributed by atoms with E-state index >= 15 is 0 Å². The first-order valence-electron chi connectivity index (χ1n) is 10.5. The van der Waals surface area contributed by atoms with Crippen LogP contribution in [0, 0.1) is 18.3 Å². The Hall–Kier alpha value is -2.36. The van der Waals surface area contributed by atoms with Gasteiger partial charge >= 0.3 is 0 Å². The van der Waals surface area contributed by atoms with E-state index in [2.05, 4.69) is 25.7 Å². The van der Waals surface area contributed by atoms with Crippen molar-refractivity contribution in [1.29, 1.82) is 0 Å². The summed E-state index contributed by atoms with van der Waals surface area (Å²) < 4.78 is 15.6. The molecule has 168 valence electrons. The highest BCUT2D eigenvalue weighted by atomic mass is 32.1. The molecular formula is C21H30FN7OS. The smallest absolute Gasteiger partial charge is 0.247 e. The number of alkyl halides is 1. The normalized spacial score (nSPS) is 28.3. The molecule has 1 amide bonds. The number of hydrogen-bond acceptors (Lipinski definition) is 6. The summed E-state index contributed by atoms with van der Waals surface area (Å²) in [5.74, 6) is 1.38. The van der Waals surface area contributed by atoms with Crippen molar-refractivity contribution in [2.75, 3.05) is 22.6 Å². The molecule has 0 aromatic carbocycles. The van der Waals surface area contributed by atoms with Crippen LogP contribution in [0.25, 0.3) is 0 Å². The van der Waals surface area contributed by atoms with E-state index in [9.17, 15) is 9.18 Å². The number of fused-ring (bicyclic) bond motifs is 1. The number of carbonyl (C=O) groups is 1. The maximum absolute atomic E-state index is 13.7. The van der Waals surface area contributed by atoms with Crippen LogP contribution < -0.4 is 15.5 Å². The Bertz CT molecular complexity index is 1000. The number of likely N-dealkylation sites (N-methyl/N-ethyl adjacent to an activating group) is 1. The number of nitrogens with zero attached hydrogens (tertiary/aromatic N) is 5. The molecule has 0 radical (unpaired) electrons. The van der Waals surface area contributed by atoms with E-state index in [1.54, 1.807) is 0 Å². The highest BCUT2D eigenvalue weighted by Crippen LogP contribution is 2.70. The molecule has 4 aliphatic rings. The van der Waals surface area contributed by atoms with Crippen molar-refractivity contribution in [1.82, 2.24) is 19.7 Å². The average molecular weight is 448 g/mol. The molecule has 31 heavy (non-hydrogen) atoms. The molecule has 2 N–H and O–H groups in total. The minimum Gasteiger partial charge on any atom is -0.350 e. The van der Waals surface area contributed by atoms with Crippen LogP contribution in [0.15, 0.2) is 12.4 Å². The largest absolute Gasteiger partial charge is 0.350 e. The Kier molecular flexibility index (Phi) is 5.19. The lowest BCUT2D eigenvalue weighted by molar-refractivity contribution is -0.221. The zero-order valence-corrected chi connectivity index (χ0v) is 19.4. The van der Waals surface area contributed by atoms with Gasteiger partial charge in [-0.1, -0.05) is 13.8 Å². The standard InChI is InChI=1S/C21H28FN7O.H2S/c1-12(2)16-18(30)26-15-13(3)25-19(27-17(15)28(16)4)23-5-14-6-24-29(7-14)11-20-8-21(22,9-20)10-20;/h6-7,12,16H,5,8-11H2,1-4H3,(H,26,30)(H,23,25,27);1H2/t16-,20?,21?;/m0./s1. The van der Waals surface area contributed by atoms with E-state index in [0.717, 1.165) is 23.6 Å². The molecule has 10 heteroatoms. The molecule has 8 nitrogen and oxygen atoms in total. The van der Waals surface area contributed by atoms with Crippen molar-refractivity contribution in [3.8, 4) is 0 Å². The average Bonchev–Trinajstić information content (AvgIpc) is 3.06. The summed E-state index contributed by atoms with van der Waals surface area (Å²) in [7, 11) is 1.90. The van der Waals surface area contributed by atoms with Crippen molar-refractivity contribution in [3.63, 3.8) is 0 Å². The van der Waals surface area contributed by atoms with Crippen molar-refractivity contribution in [2.45, 2.75) is 64.8 Å². The number of aromatic nitrogens is 4. The predicted molar refractivity (Wildman–Crippen MR) is 122 cm³/mol. The summed E-state index contributed by atoms with van der Waals surface area (Å²) >= 11 is 0. The van der Waals surface area contributed by atoms with E-state index in [1.165, 1.54) is 0 Å². The maximum Gasteiger partial charge on any atom is 0.247 e. The minimum absolute atomic E-state index is 0. The van der Waals surface area contributed by atoms with E-state index in [1.807, 2.05) is 49.8 Å². The summed E-state index contributed by atoms with van der Waals surface area (Å²) in [6, 6.07) is -0.265. The second kappa shape index (κ2) is 7.36. The van der Waals surface area contributed by atoms with Crippen LogP contribution in [-0.2, 0) is 17.9 Å². The molecule has 2 aromatic rings. The monoisotopic (exact) mass is 447 g/mol. The second-order valence-corrected chi connectivity index (χ2v) is 9.70. The Balaban J connectivity index is 0.00000231. The topological polar surface area (TPSA) is 88.0 Å². The summed E-state index contributed by atoms with van der Waals surface area (Å²) in [6.45, 7) is 7.25. The first-order valence-corrected chi connectivity index (χ1v) is 10.5. The number of carbonyl (C=O) groups excluding carboxylic acids is 1. The SMILES string of the molecule is Cc1nc(NCc2cnn(CC34CC(F)(C3)C4)c2)nc2c1NC(=O)[C@H](C(C)C)N2C.S. The number of amides is 1. The molecule has 1 atom stereocenters. The number of hydrogen-bond donors (Lipinski definition) is 2. The van der Waals surface area contributed by atoms with Crippen molar-refractivity contribution in [3.05, 3.63) is 23.7 Å². The molecule has 3 fully saturated rings. The van der Waals surface area contributed by atoms with Gasteiger partial charge in [-0.25, -0.2) is 9.37 Å². The zero-order chi connectivity index (χ0) is 21.3. The molecule has 0 unspecified atom stereocenters. The Morgan fingerprint density at radius 3 is 2.68 bits per heavy atom. The quantitative estimate of drug-likeness (QED) is 0.708. The third-order valence-corrected chi connectivity index (χ3v) is 6.68. The number of aryl methyl sites for hydroxylation is 1. The lowest BCUT2D eigenvalue weighted by Crippen LogP contribution is -2.65. The third-order valence-electron chi connectivity index (χ3n) is 6.68. The zero-order valence-electron chi connectivity index (χ0n) is 18.4. The van der Waals surface area contributed by atoms with Gasteiger partial charge in [0.15, 0.2) is 5.82 Å². The number of rotatable bonds is 6. The van der Waals surface area contributed by atoms with E-state index in [0.29, 0.717) is 37.4 Å². The van der Waals surface area contributed by atoms with Gasteiger partial charge in [0, 0.05) is 31.9 Å². The fourth-order valence-electron chi connectivity index (χ4n) is 5.43. The number of halogens is 1. The van der Waals surface area contributed by atoms with Gasteiger partial charge in [-0.3, -0.25) is 9.48 Å². The summed E-state index contributed by atoms with van der Waals surface area (Å²) in [4.78, 5) is 23.5. The third kappa shape index (κ3) is 3.64. The second-order valence-electron chi connectivity index (χ2n) is 9.70. The van der Waals surface area contributed by atoms with Gasteiger partial charge in [-0.05, 0) is 37.5 Å². The lowest BCUT2D eigenvalue weighted by Gasteiger charge is -2.65. The Morgan fingerprint density at radius 1 is 1.32 bits per heavy atom. The van der Waals surface area contributed by atoms with Crippen LogP contribution in [0.4, 0.5) is 21.8 Å². The first kappa shape index (κ1) is 21.9. The molecular weight excluding hydrogens is 417 g/mol. The number of nitrogens with one attached hydrogen (secondary N) is 2. The number of anilines is 3. The van der Waals surface area contributed by atoms with Crippen LogP contribution in [-0.4, -0.2) is 44.4 Å². The fourth-order valence-corrected chi connectivity index (χ4v) is 5.43. The van der Waals surface area contributed by atoms with Gasteiger partial charge in [0.25, 0.3) is 0 Å². The molecule has 3 heterocycles. The molecule has 6 rings (SSSR count). The van der Waals surface area contributed by atoms with Gasteiger partial charge in [0.2, 0.25) is 11.9 Å². The Morgan fingerprint density at radius 2 is 2.03 bits per heavy atom. The molecule has 3 saturated carbocycles. The molecule has 2 bridgehead atoms. The Labute approximate surface area is 188 Å². The van der Waals surface area contributed by atoms with Crippen LogP contribution in [0.3, 0.4) is 0 Å². The van der Waals surface area contributed by atoms with Crippen LogP contribution in [0.5, 0.6) is 0 Å². The van der Waals surface area contributed by atoms with Gasteiger partial charge in [-0.15, -0.1) is 0 Å². The molecule has 1 aliphatic heterocycles. The van der Waals surface area contributed by atoms with Crippen LogP contribution >= 0.6 is 13.5 Å². The highest BCUT2D eigenvalue weighted by molar-refractivity contribution is 7.59. The van der Waals surface area contributed by atoms with Crippen molar-refractivity contribution >= 4 is 36.9 Å². The fraction of sp³-hybridized carbons (Fsp3) is 0.619. The molecule has 0 saturated heterocycles. The van der Waals surface area contributed by atoms with Gasteiger partial charge < -0.3 is 15.5 Å².